The van der Waals surface area contributed by atoms with Gasteiger partial charge in [-0.05, 0) is 26.7 Å². The van der Waals surface area contributed by atoms with Crippen molar-refractivity contribution < 1.29 is 14.6 Å². The van der Waals surface area contributed by atoms with Crippen LogP contribution in [0.4, 0.5) is 0 Å². The molecule has 1 saturated heterocycles. The fourth-order valence-corrected chi connectivity index (χ4v) is 3.01. The normalized spacial score (nSPS) is 29.1. The molecule has 1 saturated carbocycles. The van der Waals surface area contributed by atoms with E-state index in [-0.39, 0.29) is 5.60 Å². The first-order valence-electron chi connectivity index (χ1n) is 6.09. The summed E-state index contributed by atoms with van der Waals surface area (Å²) in [7, 11) is 0. The van der Waals surface area contributed by atoms with Crippen LogP contribution in [-0.4, -0.2) is 46.8 Å². The molecule has 4 nitrogen and oxygen atoms in total. The molecule has 0 spiro atoms. The Bertz CT molecular complexity index is 282. The Hall–Kier alpha value is -0.610. The molecule has 4 heteroatoms. The lowest BCUT2D eigenvalue weighted by atomic mass is 9.92. The highest BCUT2D eigenvalue weighted by molar-refractivity contribution is 5.79. The van der Waals surface area contributed by atoms with E-state index >= 15 is 0 Å². The van der Waals surface area contributed by atoms with Crippen LogP contribution < -0.4 is 0 Å². The van der Waals surface area contributed by atoms with Gasteiger partial charge in [0.15, 0.2) is 0 Å². The lowest BCUT2D eigenvalue weighted by Crippen LogP contribution is -2.60. The fourth-order valence-electron chi connectivity index (χ4n) is 3.01. The maximum Gasteiger partial charge on any atom is 0.324 e. The van der Waals surface area contributed by atoms with Crippen molar-refractivity contribution in [3.05, 3.63) is 0 Å². The van der Waals surface area contributed by atoms with Crippen LogP contribution in [0.5, 0.6) is 0 Å². The van der Waals surface area contributed by atoms with Crippen LogP contribution in [0.25, 0.3) is 0 Å². The SMILES string of the molecule is CC1(C)CN(C2(C(=O)O)CCCC2)CCO1. The summed E-state index contributed by atoms with van der Waals surface area (Å²) in [5.74, 6) is -0.650. The van der Waals surface area contributed by atoms with Gasteiger partial charge in [-0.3, -0.25) is 9.69 Å². The predicted molar refractivity (Wildman–Crippen MR) is 60.4 cm³/mol. The third-order valence-corrected chi connectivity index (χ3v) is 3.86. The zero-order valence-corrected chi connectivity index (χ0v) is 10.2. The van der Waals surface area contributed by atoms with Crippen LogP contribution in [0.3, 0.4) is 0 Å². The molecule has 2 fully saturated rings. The number of hydrogen-bond donors (Lipinski definition) is 1. The highest BCUT2D eigenvalue weighted by atomic mass is 16.5. The molecule has 0 aromatic heterocycles. The van der Waals surface area contributed by atoms with Gasteiger partial charge in [0.25, 0.3) is 0 Å². The van der Waals surface area contributed by atoms with E-state index in [1.54, 1.807) is 0 Å². The number of carboxylic acid groups (broad SMARTS) is 1. The number of rotatable bonds is 2. The van der Waals surface area contributed by atoms with Crippen LogP contribution in [-0.2, 0) is 9.53 Å². The summed E-state index contributed by atoms with van der Waals surface area (Å²) < 4.78 is 5.65. The zero-order valence-electron chi connectivity index (χ0n) is 10.2. The Morgan fingerprint density at radius 3 is 2.44 bits per heavy atom. The summed E-state index contributed by atoms with van der Waals surface area (Å²) in [4.78, 5) is 13.7. The monoisotopic (exact) mass is 227 g/mol. The molecule has 2 aliphatic rings. The van der Waals surface area contributed by atoms with Crippen molar-refractivity contribution >= 4 is 5.97 Å². The van der Waals surface area contributed by atoms with Crippen LogP contribution >= 0.6 is 0 Å². The molecule has 1 heterocycles. The third-order valence-electron chi connectivity index (χ3n) is 3.86. The molecule has 2 rings (SSSR count). The van der Waals surface area contributed by atoms with Gasteiger partial charge in [-0.25, -0.2) is 0 Å². The summed E-state index contributed by atoms with van der Waals surface area (Å²) in [6.45, 7) is 6.17. The predicted octanol–water partition coefficient (Wildman–Crippen LogP) is 1.49. The van der Waals surface area contributed by atoms with Gasteiger partial charge in [0.05, 0.1) is 12.2 Å². The molecule has 0 aromatic rings. The second-order valence-electron chi connectivity index (χ2n) is 5.57. The number of morpholine rings is 1. The molecular formula is C12H21NO3. The van der Waals surface area contributed by atoms with E-state index in [1.807, 2.05) is 13.8 Å². The third kappa shape index (κ3) is 1.96. The first-order valence-corrected chi connectivity index (χ1v) is 6.09. The Morgan fingerprint density at radius 2 is 1.94 bits per heavy atom. The van der Waals surface area contributed by atoms with Gasteiger partial charge in [-0.2, -0.15) is 0 Å². The zero-order chi connectivity index (χ0) is 11.8. The molecule has 92 valence electrons. The number of aliphatic carboxylic acids is 1. The average molecular weight is 227 g/mol. The minimum atomic E-state index is -0.650. The summed E-state index contributed by atoms with van der Waals surface area (Å²) in [6.07, 6.45) is 3.64. The van der Waals surface area contributed by atoms with Crippen LogP contribution in [0.2, 0.25) is 0 Å². The van der Waals surface area contributed by atoms with Gasteiger partial charge >= 0.3 is 5.97 Å². The molecular weight excluding hydrogens is 206 g/mol. The summed E-state index contributed by atoms with van der Waals surface area (Å²) in [6, 6.07) is 0. The number of hydrogen-bond acceptors (Lipinski definition) is 3. The average Bonchev–Trinajstić information content (AvgIpc) is 2.65. The lowest BCUT2D eigenvalue weighted by molar-refractivity contribution is -0.163. The van der Waals surface area contributed by atoms with Crippen molar-refractivity contribution in [3.63, 3.8) is 0 Å². The summed E-state index contributed by atoms with van der Waals surface area (Å²) in [5, 5.41) is 9.50. The molecule has 0 bridgehead atoms. The fraction of sp³-hybridized carbons (Fsp3) is 0.917. The Balaban J connectivity index is 2.17. The van der Waals surface area contributed by atoms with Crippen LogP contribution in [0.15, 0.2) is 0 Å². The minimum Gasteiger partial charge on any atom is -0.480 e. The molecule has 1 N–H and O–H groups in total. The standard InChI is InChI=1S/C12H21NO3/c1-11(2)9-13(7-8-16-11)12(10(14)15)5-3-4-6-12/h3-9H2,1-2H3,(H,14,15). The van der Waals surface area contributed by atoms with Crippen LogP contribution in [0, 0.1) is 0 Å². The van der Waals surface area contributed by atoms with Gasteiger partial charge in [0, 0.05) is 13.1 Å². The maximum atomic E-state index is 11.6. The molecule has 0 radical (unpaired) electrons. The van der Waals surface area contributed by atoms with Crippen molar-refractivity contribution in [1.29, 1.82) is 0 Å². The van der Waals surface area contributed by atoms with E-state index in [4.69, 9.17) is 4.74 Å². The molecule has 0 aromatic carbocycles. The van der Waals surface area contributed by atoms with E-state index in [0.717, 1.165) is 38.8 Å². The van der Waals surface area contributed by atoms with E-state index in [1.165, 1.54) is 0 Å². The van der Waals surface area contributed by atoms with E-state index in [9.17, 15) is 9.90 Å². The highest BCUT2D eigenvalue weighted by Crippen LogP contribution is 2.37. The van der Waals surface area contributed by atoms with Crippen molar-refractivity contribution in [2.75, 3.05) is 19.7 Å². The number of nitrogens with zero attached hydrogens (tertiary/aromatic N) is 1. The van der Waals surface area contributed by atoms with Gasteiger partial charge < -0.3 is 9.84 Å². The summed E-state index contributed by atoms with van der Waals surface area (Å²) in [5.41, 5.74) is -0.829. The van der Waals surface area contributed by atoms with Crippen molar-refractivity contribution in [2.45, 2.75) is 50.7 Å². The van der Waals surface area contributed by atoms with Gasteiger partial charge in [0.1, 0.15) is 5.54 Å². The Morgan fingerprint density at radius 1 is 1.31 bits per heavy atom. The molecule has 0 atom stereocenters. The second kappa shape index (κ2) is 4.00. The smallest absolute Gasteiger partial charge is 0.324 e. The highest BCUT2D eigenvalue weighted by Gasteiger charge is 2.48. The Kier molecular flexibility index (Phi) is 2.97. The molecule has 0 unspecified atom stereocenters. The number of ether oxygens (including phenoxy) is 1. The second-order valence-corrected chi connectivity index (χ2v) is 5.57. The topological polar surface area (TPSA) is 49.8 Å². The van der Waals surface area contributed by atoms with Crippen molar-refractivity contribution in [2.24, 2.45) is 0 Å². The maximum absolute atomic E-state index is 11.6. The summed E-state index contributed by atoms with van der Waals surface area (Å²) >= 11 is 0. The van der Waals surface area contributed by atoms with Crippen molar-refractivity contribution in [1.82, 2.24) is 4.90 Å². The van der Waals surface area contributed by atoms with E-state index in [2.05, 4.69) is 4.90 Å². The molecule has 0 amide bonds. The molecule has 16 heavy (non-hydrogen) atoms. The number of carbonyl (C=O) groups is 1. The van der Waals surface area contributed by atoms with Crippen LogP contribution in [0.1, 0.15) is 39.5 Å². The van der Waals surface area contributed by atoms with Gasteiger partial charge in [0.2, 0.25) is 0 Å². The first kappa shape index (κ1) is 11.9. The quantitative estimate of drug-likeness (QED) is 0.776. The molecule has 1 aliphatic heterocycles. The first-order chi connectivity index (χ1) is 7.46. The minimum absolute atomic E-state index is 0.219. The lowest BCUT2D eigenvalue weighted by Gasteiger charge is -2.45. The van der Waals surface area contributed by atoms with Gasteiger partial charge in [-0.1, -0.05) is 12.8 Å². The number of carboxylic acids is 1. The van der Waals surface area contributed by atoms with E-state index < -0.39 is 11.5 Å². The van der Waals surface area contributed by atoms with E-state index in [0.29, 0.717) is 6.61 Å². The Labute approximate surface area is 96.6 Å². The van der Waals surface area contributed by atoms with Crippen molar-refractivity contribution in [3.8, 4) is 0 Å². The van der Waals surface area contributed by atoms with Gasteiger partial charge in [-0.15, -0.1) is 0 Å². The molecule has 1 aliphatic carbocycles. The largest absolute Gasteiger partial charge is 0.480 e.